The van der Waals surface area contributed by atoms with E-state index < -0.39 is 0 Å². The van der Waals surface area contributed by atoms with Gasteiger partial charge < -0.3 is 10.1 Å². The highest BCUT2D eigenvalue weighted by atomic mass is 32.1. The smallest absolute Gasteiger partial charge is 0.261 e. The van der Waals surface area contributed by atoms with Crippen molar-refractivity contribution in [1.82, 2.24) is 5.32 Å². The molecule has 0 saturated heterocycles. The third kappa shape index (κ3) is 3.86. The molecular formula is C19H17F2NO2S. The molecule has 0 atom stereocenters. The lowest BCUT2D eigenvalue weighted by Gasteiger charge is -2.07. The molecule has 1 aromatic heterocycles. The monoisotopic (exact) mass is 361 g/mol. The van der Waals surface area contributed by atoms with E-state index in [9.17, 15) is 13.6 Å². The van der Waals surface area contributed by atoms with Crippen molar-refractivity contribution in [3.8, 4) is 0 Å². The second-order valence-corrected chi connectivity index (χ2v) is 6.64. The Morgan fingerprint density at radius 2 is 2.00 bits per heavy atom. The van der Waals surface area contributed by atoms with Gasteiger partial charge in [0.2, 0.25) is 0 Å². The Kier molecular flexibility index (Phi) is 5.40. The van der Waals surface area contributed by atoms with Crippen molar-refractivity contribution in [2.75, 3.05) is 13.7 Å². The molecule has 0 aliphatic rings. The van der Waals surface area contributed by atoms with Crippen molar-refractivity contribution >= 4 is 27.3 Å². The lowest BCUT2D eigenvalue weighted by atomic mass is 10.1. The molecule has 1 amide bonds. The molecule has 0 saturated carbocycles. The Morgan fingerprint density at radius 3 is 2.76 bits per heavy atom. The number of thiophene rings is 1. The normalized spacial score (nSPS) is 11.0. The highest BCUT2D eigenvalue weighted by Gasteiger charge is 2.20. The van der Waals surface area contributed by atoms with Crippen molar-refractivity contribution in [3.63, 3.8) is 0 Å². The molecule has 0 unspecified atom stereocenters. The topological polar surface area (TPSA) is 38.3 Å². The minimum atomic E-state index is -0.361. The number of amides is 1. The van der Waals surface area contributed by atoms with Gasteiger partial charge in [-0.25, -0.2) is 8.78 Å². The van der Waals surface area contributed by atoms with Gasteiger partial charge in [0.1, 0.15) is 11.6 Å². The molecule has 1 N–H and O–H groups in total. The van der Waals surface area contributed by atoms with Crippen LogP contribution in [0.4, 0.5) is 8.78 Å². The highest BCUT2D eigenvalue weighted by molar-refractivity contribution is 7.21. The fourth-order valence-electron chi connectivity index (χ4n) is 2.73. The zero-order chi connectivity index (χ0) is 17.8. The molecule has 6 heteroatoms. The van der Waals surface area contributed by atoms with Crippen LogP contribution >= 0.6 is 11.3 Å². The van der Waals surface area contributed by atoms with Gasteiger partial charge in [-0.1, -0.05) is 18.2 Å². The van der Waals surface area contributed by atoms with Crippen LogP contribution < -0.4 is 5.32 Å². The van der Waals surface area contributed by atoms with Crippen molar-refractivity contribution in [2.24, 2.45) is 0 Å². The summed E-state index contributed by atoms with van der Waals surface area (Å²) in [5, 5.41) is 3.25. The van der Waals surface area contributed by atoms with E-state index >= 15 is 0 Å². The number of methoxy groups -OCH3 is 1. The first-order valence-electron chi connectivity index (χ1n) is 7.81. The van der Waals surface area contributed by atoms with E-state index in [1.807, 2.05) is 0 Å². The van der Waals surface area contributed by atoms with Gasteiger partial charge in [0.15, 0.2) is 0 Å². The van der Waals surface area contributed by atoms with Gasteiger partial charge in [0, 0.05) is 29.3 Å². The van der Waals surface area contributed by atoms with Crippen LogP contribution in [0.15, 0.2) is 42.5 Å². The molecule has 3 nitrogen and oxygen atoms in total. The molecule has 0 fully saturated rings. The average molecular weight is 361 g/mol. The molecule has 3 rings (SSSR count). The maximum atomic E-state index is 14.1. The summed E-state index contributed by atoms with van der Waals surface area (Å²) in [7, 11) is 1.51. The molecular weight excluding hydrogens is 344 g/mol. The summed E-state index contributed by atoms with van der Waals surface area (Å²) in [5.74, 6) is -0.935. The van der Waals surface area contributed by atoms with Crippen LogP contribution in [0.3, 0.4) is 0 Å². The molecule has 0 radical (unpaired) electrons. The second-order valence-electron chi connectivity index (χ2n) is 5.59. The summed E-state index contributed by atoms with van der Waals surface area (Å²) in [4.78, 5) is 13.0. The number of nitrogens with one attached hydrogen (secondary N) is 1. The zero-order valence-corrected chi connectivity index (χ0v) is 14.5. The molecule has 1 heterocycles. The van der Waals surface area contributed by atoms with Crippen LogP contribution in [0.25, 0.3) is 10.1 Å². The van der Waals surface area contributed by atoms with Gasteiger partial charge in [-0.15, -0.1) is 11.3 Å². The Labute approximate surface area is 148 Å². The number of rotatable bonds is 6. The van der Waals surface area contributed by atoms with Crippen LogP contribution in [0.1, 0.15) is 20.8 Å². The number of hydrogen-bond donors (Lipinski definition) is 1. The molecule has 2 aromatic carbocycles. The van der Waals surface area contributed by atoms with Crippen molar-refractivity contribution in [2.45, 2.75) is 13.0 Å². The molecule has 0 spiro atoms. The van der Waals surface area contributed by atoms with E-state index in [2.05, 4.69) is 5.32 Å². The number of benzene rings is 2. The first-order valence-corrected chi connectivity index (χ1v) is 8.63. The van der Waals surface area contributed by atoms with E-state index in [4.69, 9.17) is 4.74 Å². The summed E-state index contributed by atoms with van der Waals surface area (Å²) in [6, 6.07) is 11.0. The summed E-state index contributed by atoms with van der Waals surface area (Å²) in [6.45, 7) is 0.527. The number of carbonyl (C=O) groups is 1. The predicted molar refractivity (Wildman–Crippen MR) is 94.9 cm³/mol. The van der Waals surface area contributed by atoms with Crippen molar-refractivity contribution < 1.29 is 18.3 Å². The lowest BCUT2D eigenvalue weighted by molar-refractivity contribution is 0.0954. The predicted octanol–water partition coefficient (Wildman–Crippen LogP) is 4.30. The van der Waals surface area contributed by atoms with Gasteiger partial charge >= 0.3 is 0 Å². The van der Waals surface area contributed by atoms with Crippen LogP contribution in [0.2, 0.25) is 0 Å². The van der Waals surface area contributed by atoms with Crippen LogP contribution in [-0.4, -0.2) is 19.6 Å². The van der Waals surface area contributed by atoms with Crippen LogP contribution in [0, 0.1) is 11.6 Å². The first-order chi connectivity index (χ1) is 12.1. The van der Waals surface area contributed by atoms with Crippen LogP contribution in [-0.2, 0) is 17.8 Å². The summed E-state index contributed by atoms with van der Waals surface area (Å²) in [6.07, 6.45) is 0.516. The van der Waals surface area contributed by atoms with Gasteiger partial charge in [0.05, 0.1) is 11.5 Å². The van der Waals surface area contributed by atoms with Crippen LogP contribution in [0.5, 0.6) is 0 Å². The summed E-state index contributed by atoms with van der Waals surface area (Å²) < 4.78 is 33.2. The fraction of sp³-hybridized carbons (Fsp3) is 0.211. The van der Waals surface area contributed by atoms with Gasteiger partial charge in [-0.2, -0.15) is 0 Å². The number of fused-ring (bicyclic) bond motifs is 1. The lowest BCUT2D eigenvalue weighted by Crippen LogP contribution is -2.25. The standard InChI is InChI=1S/C19H17F2NO2S/c1-24-11-14-17-15(21)6-3-7-16(17)25-18(14)19(23)22-9-8-12-4-2-5-13(20)10-12/h2-7,10H,8-9,11H2,1H3,(H,22,23). The molecule has 130 valence electrons. The Morgan fingerprint density at radius 1 is 1.20 bits per heavy atom. The van der Waals surface area contributed by atoms with Gasteiger partial charge in [-0.3, -0.25) is 4.79 Å². The van der Waals surface area contributed by atoms with Gasteiger partial charge in [-0.05, 0) is 36.2 Å². The Hall–Kier alpha value is -2.31. The molecule has 3 aromatic rings. The van der Waals surface area contributed by atoms with E-state index in [0.29, 0.717) is 33.5 Å². The number of carbonyl (C=O) groups excluding carboxylic acids is 1. The number of hydrogen-bond acceptors (Lipinski definition) is 3. The van der Waals surface area contributed by atoms with E-state index in [0.717, 1.165) is 5.56 Å². The minimum Gasteiger partial charge on any atom is -0.380 e. The average Bonchev–Trinajstić information content (AvgIpc) is 2.95. The largest absolute Gasteiger partial charge is 0.380 e. The van der Waals surface area contributed by atoms with E-state index in [-0.39, 0.29) is 24.1 Å². The summed E-state index contributed by atoms with van der Waals surface area (Å²) >= 11 is 1.24. The third-order valence-corrected chi connectivity index (χ3v) is 5.04. The SMILES string of the molecule is COCc1c(C(=O)NCCc2cccc(F)c2)sc2cccc(F)c12. The molecule has 0 aliphatic carbocycles. The third-order valence-electron chi connectivity index (χ3n) is 3.85. The van der Waals surface area contributed by atoms with E-state index in [1.54, 1.807) is 24.3 Å². The van der Waals surface area contributed by atoms with Crippen molar-refractivity contribution in [1.29, 1.82) is 0 Å². The first kappa shape index (κ1) is 17.5. The number of halogens is 2. The Bertz CT molecular complexity index is 908. The van der Waals surface area contributed by atoms with Gasteiger partial charge in [0.25, 0.3) is 5.91 Å². The fourth-order valence-corrected chi connectivity index (χ4v) is 3.86. The maximum absolute atomic E-state index is 14.1. The summed E-state index contributed by atoms with van der Waals surface area (Å²) in [5.41, 5.74) is 1.36. The van der Waals surface area contributed by atoms with Crippen molar-refractivity contribution in [3.05, 3.63) is 70.1 Å². The molecule has 25 heavy (non-hydrogen) atoms. The Balaban J connectivity index is 1.77. The minimum absolute atomic E-state index is 0.160. The molecule has 0 bridgehead atoms. The molecule has 0 aliphatic heterocycles. The quantitative estimate of drug-likeness (QED) is 0.711. The zero-order valence-electron chi connectivity index (χ0n) is 13.6. The van der Waals surface area contributed by atoms with E-state index in [1.165, 1.54) is 36.6 Å². The second kappa shape index (κ2) is 7.72. The number of ether oxygens (including phenoxy) is 1. The maximum Gasteiger partial charge on any atom is 0.261 e. The highest BCUT2D eigenvalue weighted by Crippen LogP contribution is 2.33.